The zero-order valence-electron chi connectivity index (χ0n) is 15.4. The molecule has 0 bridgehead atoms. The maximum Gasteiger partial charge on any atom is 0.251 e. The number of thiazole rings is 1. The van der Waals surface area contributed by atoms with Crippen molar-refractivity contribution in [3.8, 4) is 0 Å². The lowest BCUT2D eigenvalue weighted by Crippen LogP contribution is -2.38. The Labute approximate surface area is 159 Å². The SMILES string of the molecule is CCNC(=NCCCNC(=O)c1ccccc1)NCCc1ncc(C)s1. The fourth-order valence-electron chi connectivity index (χ4n) is 2.31. The second-order valence-electron chi connectivity index (χ2n) is 5.78. The van der Waals surface area contributed by atoms with Gasteiger partial charge in [0.2, 0.25) is 0 Å². The van der Waals surface area contributed by atoms with E-state index in [0.29, 0.717) is 18.7 Å². The molecule has 0 spiro atoms. The van der Waals surface area contributed by atoms with E-state index < -0.39 is 0 Å². The summed E-state index contributed by atoms with van der Waals surface area (Å²) >= 11 is 1.73. The topological polar surface area (TPSA) is 78.4 Å². The summed E-state index contributed by atoms with van der Waals surface area (Å²) in [4.78, 5) is 22.1. The van der Waals surface area contributed by atoms with Crippen LogP contribution in [0.1, 0.15) is 33.6 Å². The van der Waals surface area contributed by atoms with Crippen molar-refractivity contribution in [3.05, 3.63) is 52.0 Å². The molecule has 7 heteroatoms. The van der Waals surface area contributed by atoms with E-state index in [0.717, 1.165) is 36.9 Å². The van der Waals surface area contributed by atoms with Crippen molar-refractivity contribution in [1.82, 2.24) is 20.9 Å². The lowest BCUT2D eigenvalue weighted by atomic mass is 10.2. The summed E-state index contributed by atoms with van der Waals surface area (Å²) in [5.74, 6) is 0.758. The highest BCUT2D eigenvalue weighted by Crippen LogP contribution is 2.10. The fourth-order valence-corrected chi connectivity index (χ4v) is 3.10. The Morgan fingerprint density at radius 3 is 2.65 bits per heavy atom. The molecule has 0 aliphatic rings. The van der Waals surface area contributed by atoms with Crippen molar-refractivity contribution >= 4 is 23.2 Å². The predicted molar refractivity (Wildman–Crippen MR) is 108 cm³/mol. The average Bonchev–Trinajstić information content (AvgIpc) is 3.07. The molecule has 1 amide bonds. The largest absolute Gasteiger partial charge is 0.357 e. The maximum atomic E-state index is 11.9. The zero-order chi connectivity index (χ0) is 18.6. The minimum atomic E-state index is -0.0432. The van der Waals surface area contributed by atoms with Crippen molar-refractivity contribution in [3.63, 3.8) is 0 Å². The van der Waals surface area contributed by atoms with E-state index in [-0.39, 0.29) is 5.91 Å². The Bertz CT molecular complexity index is 699. The van der Waals surface area contributed by atoms with Crippen LogP contribution in [0.25, 0.3) is 0 Å². The summed E-state index contributed by atoms with van der Waals surface area (Å²) in [6, 6.07) is 9.24. The van der Waals surface area contributed by atoms with Crippen molar-refractivity contribution in [1.29, 1.82) is 0 Å². The van der Waals surface area contributed by atoms with Gasteiger partial charge in [0.1, 0.15) is 0 Å². The molecule has 0 radical (unpaired) electrons. The molecule has 0 atom stereocenters. The van der Waals surface area contributed by atoms with Crippen LogP contribution < -0.4 is 16.0 Å². The van der Waals surface area contributed by atoms with Gasteiger partial charge in [-0.15, -0.1) is 11.3 Å². The van der Waals surface area contributed by atoms with E-state index in [1.165, 1.54) is 4.88 Å². The smallest absolute Gasteiger partial charge is 0.251 e. The molecule has 1 heterocycles. The lowest BCUT2D eigenvalue weighted by molar-refractivity contribution is 0.0953. The standard InChI is InChI=1S/C19H27N5OS/c1-3-20-19(23-13-10-17-24-14-15(2)26-17)22-12-7-11-21-18(25)16-8-5-4-6-9-16/h4-6,8-9,14H,3,7,10-13H2,1-2H3,(H,21,25)(H2,20,22,23). The summed E-state index contributed by atoms with van der Waals surface area (Å²) in [7, 11) is 0. The number of hydrogen-bond donors (Lipinski definition) is 3. The second-order valence-corrected chi connectivity index (χ2v) is 7.10. The van der Waals surface area contributed by atoms with Gasteiger partial charge in [-0.3, -0.25) is 9.79 Å². The number of carbonyl (C=O) groups is 1. The molecule has 1 aromatic heterocycles. The predicted octanol–water partition coefficient (Wildman–Crippen LogP) is 2.37. The summed E-state index contributed by atoms with van der Waals surface area (Å²) in [6.07, 6.45) is 3.58. The van der Waals surface area contributed by atoms with Crippen molar-refractivity contribution in [2.24, 2.45) is 4.99 Å². The third-order valence-corrected chi connectivity index (χ3v) is 4.54. The van der Waals surface area contributed by atoms with Crippen LogP contribution in [0.3, 0.4) is 0 Å². The number of hydrogen-bond acceptors (Lipinski definition) is 4. The van der Waals surface area contributed by atoms with Gasteiger partial charge in [-0.05, 0) is 32.4 Å². The Morgan fingerprint density at radius 2 is 1.96 bits per heavy atom. The average molecular weight is 374 g/mol. The van der Waals surface area contributed by atoms with Crippen LogP contribution in [0, 0.1) is 6.92 Å². The fraction of sp³-hybridized carbons (Fsp3) is 0.421. The van der Waals surface area contributed by atoms with Gasteiger partial charge >= 0.3 is 0 Å². The van der Waals surface area contributed by atoms with Crippen LogP contribution in [-0.2, 0) is 6.42 Å². The molecule has 140 valence electrons. The number of aromatic nitrogens is 1. The molecule has 0 fully saturated rings. The van der Waals surface area contributed by atoms with E-state index in [2.05, 4.69) is 32.9 Å². The molecular formula is C19H27N5OS. The van der Waals surface area contributed by atoms with Crippen LogP contribution in [0.5, 0.6) is 0 Å². The van der Waals surface area contributed by atoms with Gasteiger partial charge in [0, 0.05) is 49.2 Å². The lowest BCUT2D eigenvalue weighted by Gasteiger charge is -2.10. The van der Waals surface area contributed by atoms with Crippen molar-refractivity contribution < 1.29 is 4.79 Å². The first-order valence-corrected chi connectivity index (χ1v) is 9.77. The number of amides is 1. The summed E-state index contributed by atoms with van der Waals surface area (Å²) < 4.78 is 0. The number of carbonyl (C=O) groups excluding carboxylic acids is 1. The van der Waals surface area contributed by atoms with Gasteiger partial charge in [0.15, 0.2) is 5.96 Å². The number of nitrogens with one attached hydrogen (secondary N) is 3. The molecule has 0 aliphatic heterocycles. The zero-order valence-corrected chi connectivity index (χ0v) is 16.2. The highest BCUT2D eigenvalue weighted by Gasteiger charge is 2.03. The Kier molecular flexibility index (Phi) is 8.62. The van der Waals surface area contributed by atoms with Crippen LogP contribution >= 0.6 is 11.3 Å². The Balaban J connectivity index is 1.66. The third-order valence-electron chi connectivity index (χ3n) is 3.57. The monoisotopic (exact) mass is 373 g/mol. The first kappa shape index (κ1) is 19.9. The van der Waals surface area contributed by atoms with Crippen molar-refractivity contribution in [2.75, 3.05) is 26.2 Å². The highest BCUT2D eigenvalue weighted by molar-refractivity contribution is 7.11. The van der Waals surface area contributed by atoms with Gasteiger partial charge in [0.25, 0.3) is 5.91 Å². The molecule has 3 N–H and O–H groups in total. The minimum absolute atomic E-state index is 0.0432. The number of rotatable bonds is 9. The summed E-state index contributed by atoms with van der Waals surface area (Å²) in [5.41, 5.74) is 0.684. The van der Waals surface area contributed by atoms with Crippen LogP contribution in [0.15, 0.2) is 41.5 Å². The molecule has 6 nitrogen and oxygen atoms in total. The number of benzene rings is 1. The summed E-state index contributed by atoms with van der Waals surface area (Å²) in [5, 5.41) is 10.6. The first-order chi connectivity index (χ1) is 12.7. The molecule has 0 unspecified atom stereocenters. The van der Waals surface area contributed by atoms with Crippen molar-refractivity contribution in [2.45, 2.75) is 26.7 Å². The minimum Gasteiger partial charge on any atom is -0.357 e. The van der Waals surface area contributed by atoms with Gasteiger partial charge < -0.3 is 16.0 Å². The molecule has 1 aromatic carbocycles. The second kappa shape index (κ2) is 11.3. The highest BCUT2D eigenvalue weighted by atomic mass is 32.1. The molecule has 26 heavy (non-hydrogen) atoms. The quantitative estimate of drug-likeness (QED) is 0.358. The van der Waals surface area contributed by atoms with E-state index in [4.69, 9.17) is 0 Å². The van der Waals surface area contributed by atoms with Gasteiger partial charge in [-0.2, -0.15) is 0 Å². The molecule has 2 rings (SSSR count). The van der Waals surface area contributed by atoms with Crippen LogP contribution in [0.2, 0.25) is 0 Å². The van der Waals surface area contributed by atoms with Gasteiger partial charge in [-0.25, -0.2) is 4.98 Å². The number of nitrogens with zero attached hydrogens (tertiary/aromatic N) is 2. The molecular weight excluding hydrogens is 346 g/mol. The summed E-state index contributed by atoms with van der Waals surface area (Å²) in [6.45, 7) is 6.98. The number of aryl methyl sites for hydroxylation is 1. The number of guanidine groups is 1. The Hall–Kier alpha value is -2.41. The van der Waals surface area contributed by atoms with Gasteiger partial charge in [-0.1, -0.05) is 18.2 Å². The van der Waals surface area contributed by atoms with E-state index in [9.17, 15) is 4.79 Å². The van der Waals surface area contributed by atoms with Crippen LogP contribution in [-0.4, -0.2) is 43.0 Å². The van der Waals surface area contributed by atoms with E-state index in [1.54, 1.807) is 11.3 Å². The van der Waals surface area contributed by atoms with Gasteiger partial charge in [0.05, 0.1) is 5.01 Å². The first-order valence-electron chi connectivity index (χ1n) is 8.95. The molecule has 2 aromatic rings. The molecule has 0 aliphatic carbocycles. The Morgan fingerprint density at radius 1 is 1.15 bits per heavy atom. The molecule has 0 saturated carbocycles. The third kappa shape index (κ3) is 7.23. The normalized spacial score (nSPS) is 11.2. The number of aliphatic imine (C=N–C) groups is 1. The maximum absolute atomic E-state index is 11.9. The van der Waals surface area contributed by atoms with E-state index in [1.807, 2.05) is 43.5 Å². The van der Waals surface area contributed by atoms with Crippen LogP contribution in [0.4, 0.5) is 0 Å². The molecule has 0 saturated heterocycles. The van der Waals surface area contributed by atoms with E-state index >= 15 is 0 Å².